The summed E-state index contributed by atoms with van der Waals surface area (Å²) < 4.78 is 9.31. The Kier molecular flexibility index (Phi) is 6.74. The van der Waals surface area contributed by atoms with Crippen LogP contribution in [-0.2, 0) is 14.3 Å². The molecule has 1 aliphatic rings. The number of carbonyl (C=O) groups is 3. The Morgan fingerprint density at radius 2 is 1.46 bits per heavy atom. The smallest absolute Gasteiger partial charge is 0.337 e. The van der Waals surface area contributed by atoms with Crippen molar-refractivity contribution < 1.29 is 23.9 Å². The maximum absolute atomic E-state index is 12.4. The topological polar surface area (TPSA) is 108 Å². The van der Waals surface area contributed by atoms with E-state index in [1.54, 1.807) is 0 Å². The summed E-state index contributed by atoms with van der Waals surface area (Å²) in [6.07, 6.45) is 3.03. The molecule has 7 nitrogen and oxygen atoms in total. The number of ether oxygens (including phenoxy) is 2. The van der Waals surface area contributed by atoms with Gasteiger partial charge in [0.05, 0.1) is 30.9 Å². The van der Waals surface area contributed by atoms with Crippen LogP contribution in [0.4, 0.5) is 5.69 Å². The lowest BCUT2D eigenvalue weighted by molar-refractivity contribution is -0.121. The summed E-state index contributed by atoms with van der Waals surface area (Å²) >= 11 is 0. The summed E-state index contributed by atoms with van der Waals surface area (Å²) in [7, 11) is 2.47. The van der Waals surface area contributed by atoms with Crippen molar-refractivity contribution >= 4 is 35.9 Å². The molecule has 0 bridgehead atoms. The number of hydrogen-bond acceptors (Lipinski definition) is 6. The molecular formula is C16H21ClN2O5. The monoisotopic (exact) mass is 356 g/mol. The van der Waals surface area contributed by atoms with Gasteiger partial charge in [-0.05, 0) is 31.0 Å². The number of anilines is 1. The molecule has 132 valence electrons. The van der Waals surface area contributed by atoms with Crippen LogP contribution < -0.4 is 11.1 Å². The molecule has 2 rings (SSSR count). The minimum Gasteiger partial charge on any atom is -0.465 e. The first-order valence-corrected chi connectivity index (χ1v) is 7.31. The maximum atomic E-state index is 12.4. The number of nitrogens with two attached hydrogens (primary N) is 1. The quantitative estimate of drug-likeness (QED) is 0.797. The molecule has 0 aliphatic heterocycles. The van der Waals surface area contributed by atoms with Gasteiger partial charge < -0.3 is 20.5 Å². The molecule has 3 N–H and O–H groups in total. The van der Waals surface area contributed by atoms with Gasteiger partial charge in [0.25, 0.3) is 0 Å². The van der Waals surface area contributed by atoms with Gasteiger partial charge in [-0.2, -0.15) is 0 Å². The summed E-state index contributed by atoms with van der Waals surface area (Å²) in [4.78, 5) is 35.8. The number of hydrogen-bond donors (Lipinski definition) is 2. The second-order valence-electron chi connectivity index (χ2n) is 5.60. The molecule has 1 aliphatic carbocycles. The highest BCUT2D eigenvalue weighted by Gasteiger charge is 2.37. The molecule has 0 spiro atoms. The molecule has 0 saturated heterocycles. The van der Waals surface area contributed by atoms with E-state index in [2.05, 4.69) is 14.8 Å². The molecule has 0 heterocycles. The third-order valence-corrected chi connectivity index (χ3v) is 3.98. The van der Waals surface area contributed by atoms with Gasteiger partial charge in [0.2, 0.25) is 5.91 Å². The Labute approximate surface area is 146 Å². The van der Waals surface area contributed by atoms with Crippen LogP contribution in [0.2, 0.25) is 0 Å². The minimum atomic E-state index is -0.910. The first-order chi connectivity index (χ1) is 10.9. The molecule has 0 aromatic heterocycles. The Morgan fingerprint density at radius 3 is 1.88 bits per heavy atom. The van der Waals surface area contributed by atoms with E-state index in [1.807, 2.05) is 0 Å². The zero-order valence-electron chi connectivity index (χ0n) is 13.6. The molecule has 24 heavy (non-hydrogen) atoms. The van der Waals surface area contributed by atoms with E-state index < -0.39 is 17.5 Å². The van der Waals surface area contributed by atoms with Gasteiger partial charge in [0.1, 0.15) is 0 Å². The normalized spacial score (nSPS) is 15.1. The Hall–Kier alpha value is -2.12. The van der Waals surface area contributed by atoms with E-state index in [-0.39, 0.29) is 29.4 Å². The summed E-state index contributed by atoms with van der Waals surface area (Å²) in [6.45, 7) is 0. The van der Waals surface area contributed by atoms with Crippen molar-refractivity contribution in [3.05, 3.63) is 29.3 Å². The van der Waals surface area contributed by atoms with Crippen molar-refractivity contribution in [2.45, 2.75) is 31.2 Å². The highest BCUT2D eigenvalue weighted by atomic mass is 35.5. The van der Waals surface area contributed by atoms with Crippen molar-refractivity contribution in [3.63, 3.8) is 0 Å². The van der Waals surface area contributed by atoms with Crippen molar-refractivity contribution in [1.29, 1.82) is 0 Å². The Balaban J connectivity index is 0.00000288. The lowest BCUT2D eigenvalue weighted by Crippen LogP contribution is -2.48. The first kappa shape index (κ1) is 19.9. The van der Waals surface area contributed by atoms with E-state index in [0.29, 0.717) is 18.5 Å². The second kappa shape index (κ2) is 8.12. The molecule has 1 amide bonds. The number of esters is 2. The van der Waals surface area contributed by atoms with Crippen molar-refractivity contribution in [3.8, 4) is 0 Å². The molecule has 0 radical (unpaired) electrons. The number of halogens is 1. The summed E-state index contributed by atoms with van der Waals surface area (Å²) in [5.41, 5.74) is 5.78. The van der Waals surface area contributed by atoms with E-state index in [9.17, 15) is 14.4 Å². The van der Waals surface area contributed by atoms with Crippen LogP contribution in [0.3, 0.4) is 0 Å². The highest BCUT2D eigenvalue weighted by molar-refractivity contribution is 6.02. The largest absolute Gasteiger partial charge is 0.465 e. The summed E-state index contributed by atoms with van der Waals surface area (Å²) in [6, 6.07) is 4.23. The van der Waals surface area contributed by atoms with Gasteiger partial charge >= 0.3 is 11.9 Å². The number of rotatable bonds is 4. The zero-order valence-corrected chi connectivity index (χ0v) is 14.4. The third-order valence-electron chi connectivity index (χ3n) is 3.98. The van der Waals surface area contributed by atoms with Crippen molar-refractivity contribution in [1.82, 2.24) is 0 Å². The van der Waals surface area contributed by atoms with Crippen LogP contribution in [0, 0.1) is 0 Å². The molecule has 0 unspecified atom stereocenters. The number of benzene rings is 1. The fraction of sp³-hybridized carbons (Fsp3) is 0.438. The van der Waals surface area contributed by atoms with Gasteiger partial charge in [-0.3, -0.25) is 4.79 Å². The standard InChI is InChI=1S/C16H20N2O5.ClH/c1-22-13(19)10-7-11(14(20)23-2)9-12(8-10)18-15(21)16(17)5-3-4-6-16;/h7-9H,3-6,17H2,1-2H3,(H,18,21);1H. The summed E-state index contributed by atoms with van der Waals surface area (Å²) in [5.74, 6) is -1.56. The molecule has 1 aromatic carbocycles. The number of amides is 1. The first-order valence-electron chi connectivity index (χ1n) is 7.31. The molecule has 0 atom stereocenters. The van der Waals surface area contributed by atoms with Gasteiger partial charge in [0.15, 0.2) is 0 Å². The van der Waals surface area contributed by atoms with E-state index in [1.165, 1.54) is 32.4 Å². The van der Waals surface area contributed by atoms with Gasteiger partial charge in [-0.25, -0.2) is 9.59 Å². The fourth-order valence-corrected chi connectivity index (χ4v) is 2.66. The number of methoxy groups -OCH3 is 2. The minimum absolute atomic E-state index is 0. The van der Waals surface area contributed by atoms with Crippen LogP contribution in [0.5, 0.6) is 0 Å². The van der Waals surface area contributed by atoms with E-state index in [0.717, 1.165) is 12.8 Å². The van der Waals surface area contributed by atoms with Crippen LogP contribution in [0.1, 0.15) is 46.4 Å². The van der Waals surface area contributed by atoms with Crippen LogP contribution in [0.25, 0.3) is 0 Å². The lowest BCUT2D eigenvalue weighted by atomic mass is 9.98. The predicted octanol–water partition coefficient (Wildman–Crippen LogP) is 1.89. The highest BCUT2D eigenvalue weighted by Crippen LogP contribution is 2.29. The summed E-state index contributed by atoms with van der Waals surface area (Å²) in [5, 5.41) is 2.68. The SMILES string of the molecule is COC(=O)c1cc(NC(=O)C2(N)CCCC2)cc(C(=O)OC)c1.Cl. The zero-order chi connectivity index (χ0) is 17.0. The molecular weight excluding hydrogens is 336 g/mol. The van der Waals surface area contributed by atoms with Gasteiger partial charge in [-0.15, -0.1) is 12.4 Å². The average molecular weight is 357 g/mol. The van der Waals surface area contributed by atoms with Crippen molar-refractivity contribution in [2.75, 3.05) is 19.5 Å². The van der Waals surface area contributed by atoms with E-state index >= 15 is 0 Å². The number of nitrogens with one attached hydrogen (secondary N) is 1. The molecule has 1 saturated carbocycles. The average Bonchev–Trinajstić information content (AvgIpc) is 3.01. The molecule has 8 heteroatoms. The van der Waals surface area contributed by atoms with Crippen molar-refractivity contribution in [2.24, 2.45) is 5.73 Å². The molecule has 1 aromatic rings. The number of carbonyl (C=O) groups excluding carboxylic acids is 3. The fourth-order valence-electron chi connectivity index (χ4n) is 2.66. The molecule has 1 fully saturated rings. The Morgan fingerprint density at radius 1 is 1.00 bits per heavy atom. The van der Waals surface area contributed by atoms with Crippen LogP contribution in [0.15, 0.2) is 18.2 Å². The second-order valence-corrected chi connectivity index (χ2v) is 5.60. The Bertz CT molecular complexity index is 607. The van der Waals surface area contributed by atoms with Gasteiger partial charge in [-0.1, -0.05) is 12.8 Å². The lowest BCUT2D eigenvalue weighted by Gasteiger charge is -2.22. The predicted molar refractivity (Wildman–Crippen MR) is 90.4 cm³/mol. The van der Waals surface area contributed by atoms with Crippen LogP contribution in [-0.4, -0.2) is 37.6 Å². The maximum Gasteiger partial charge on any atom is 0.337 e. The van der Waals surface area contributed by atoms with Crippen LogP contribution >= 0.6 is 12.4 Å². The van der Waals surface area contributed by atoms with E-state index in [4.69, 9.17) is 5.73 Å². The van der Waals surface area contributed by atoms with Gasteiger partial charge in [0, 0.05) is 5.69 Å². The third kappa shape index (κ3) is 4.24.